The van der Waals surface area contributed by atoms with Crippen LogP contribution >= 0.6 is 0 Å². The highest BCUT2D eigenvalue weighted by molar-refractivity contribution is 5.63. The van der Waals surface area contributed by atoms with Crippen molar-refractivity contribution >= 4 is 5.69 Å². The molecule has 2 rings (SSSR count). The van der Waals surface area contributed by atoms with Crippen LogP contribution in [0.3, 0.4) is 0 Å². The molecule has 1 aliphatic rings. The fraction of sp³-hybridized carbons (Fsp3) is 0.562. The molecule has 0 bridgehead atoms. The largest absolute Gasteiger partial charge is 0.497 e. The van der Waals surface area contributed by atoms with E-state index in [0.717, 1.165) is 49.5 Å². The van der Waals surface area contributed by atoms with E-state index in [1.54, 1.807) is 7.11 Å². The summed E-state index contributed by atoms with van der Waals surface area (Å²) in [5.41, 5.74) is 1.74. The first kappa shape index (κ1) is 14.7. The van der Waals surface area contributed by atoms with Crippen LogP contribution in [-0.2, 0) is 0 Å². The lowest BCUT2D eigenvalue weighted by molar-refractivity contribution is 0.328. The summed E-state index contributed by atoms with van der Waals surface area (Å²) in [6, 6.07) is 8.46. The average molecular weight is 273 g/mol. The van der Waals surface area contributed by atoms with E-state index in [1.807, 2.05) is 18.2 Å². The van der Waals surface area contributed by atoms with Gasteiger partial charge in [0.15, 0.2) is 0 Å². The van der Waals surface area contributed by atoms with E-state index < -0.39 is 0 Å². The van der Waals surface area contributed by atoms with Gasteiger partial charge in [0.2, 0.25) is 0 Å². The first-order valence-electron chi connectivity index (χ1n) is 7.23. The van der Waals surface area contributed by atoms with Crippen LogP contribution in [0.2, 0.25) is 0 Å². The van der Waals surface area contributed by atoms with Crippen LogP contribution < -0.4 is 9.64 Å². The van der Waals surface area contributed by atoms with Crippen molar-refractivity contribution in [3.8, 4) is 11.8 Å². The number of benzene rings is 1. The predicted octanol–water partition coefficient (Wildman–Crippen LogP) is 2.49. The third-order valence-corrected chi connectivity index (χ3v) is 4.01. The van der Waals surface area contributed by atoms with Crippen molar-refractivity contribution in [1.29, 1.82) is 5.26 Å². The van der Waals surface area contributed by atoms with Crippen LogP contribution in [0.25, 0.3) is 0 Å². The topological polar surface area (TPSA) is 39.5 Å². The molecule has 20 heavy (non-hydrogen) atoms. The van der Waals surface area contributed by atoms with E-state index in [-0.39, 0.29) is 0 Å². The van der Waals surface area contributed by atoms with E-state index in [2.05, 4.69) is 29.8 Å². The summed E-state index contributed by atoms with van der Waals surface area (Å²) in [5.74, 6) is 0.812. The normalized spacial score (nSPS) is 20.3. The van der Waals surface area contributed by atoms with E-state index in [4.69, 9.17) is 4.74 Å². The van der Waals surface area contributed by atoms with E-state index in [1.165, 1.54) is 0 Å². The molecule has 0 aromatic heterocycles. The first-order chi connectivity index (χ1) is 9.69. The van der Waals surface area contributed by atoms with E-state index in [0.29, 0.717) is 6.04 Å². The molecule has 0 aliphatic carbocycles. The Kier molecular flexibility index (Phi) is 4.86. The number of methoxy groups -OCH3 is 1. The van der Waals surface area contributed by atoms with Gasteiger partial charge in [-0.3, -0.25) is 0 Å². The molecule has 1 aliphatic heterocycles. The highest BCUT2D eigenvalue weighted by Gasteiger charge is 2.24. The maximum absolute atomic E-state index is 9.37. The summed E-state index contributed by atoms with van der Waals surface area (Å²) in [6.45, 7) is 5.35. The second kappa shape index (κ2) is 6.62. The van der Waals surface area contributed by atoms with Gasteiger partial charge < -0.3 is 14.5 Å². The standard InChI is InChI=1S/C16H23N3O/c1-4-14-12-18(2)8-5-9-19(14)16-10-15(20-3)7-6-13(16)11-17/h6-7,10,14H,4-5,8-9,12H2,1-3H3. The Bertz CT molecular complexity index is 495. The molecule has 4 heteroatoms. The quantitative estimate of drug-likeness (QED) is 0.848. The van der Waals surface area contributed by atoms with Crippen molar-refractivity contribution < 1.29 is 4.74 Å². The average Bonchev–Trinajstić information content (AvgIpc) is 2.67. The van der Waals surface area contributed by atoms with Gasteiger partial charge in [-0.2, -0.15) is 5.26 Å². The summed E-state index contributed by atoms with van der Waals surface area (Å²) in [6.07, 6.45) is 2.20. The van der Waals surface area contributed by atoms with Crippen molar-refractivity contribution in [3.05, 3.63) is 23.8 Å². The Hall–Kier alpha value is -1.73. The van der Waals surface area contributed by atoms with Crippen LogP contribution in [0.5, 0.6) is 5.75 Å². The first-order valence-corrected chi connectivity index (χ1v) is 7.23. The number of ether oxygens (including phenoxy) is 1. The van der Waals surface area contributed by atoms with Gasteiger partial charge in [0.25, 0.3) is 0 Å². The highest BCUT2D eigenvalue weighted by atomic mass is 16.5. The van der Waals surface area contributed by atoms with Crippen molar-refractivity contribution in [2.24, 2.45) is 0 Å². The Morgan fingerprint density at radius 1 is 1.40 bits per heavy atom. The van der Waals surface area contributed by atoms with Crippen molar-refractivity contribution in [2.45, 2.75) is 25.8 Å². The molecule has 108 valence electrons. The molecular weight excluding hydrogens is 250 g/mol. The van der Waals surface area contributed by atoms with Gasteiger partial charge in [-0.1, -0.05) is 6.92 Å². The monoisotopic (exact) mass is 273 g/mol. The third-order valence-electron chi connectivity index (χ3n) is 4.01. The molecule has 1 atom stereocenters. The molecule has 0 N–H and O–H groups in total. The molecular formula is C16H23N3O. The van der Waals surface area contributed by atoms with Gasteiger partial charge in [-0.05, 0) is 38.6 Å². The Morgan fingerprint density at radius 2 is 2.20 bits per heavy atom. The molecule has 0 spiro atoms. The number of anilines is 1. The molecule has 1 heterocycles. The van der Waals surface area contributed by atoms with Gasteiger partial charge in [0.05, 0.1) is 18.4 Å². The zero-order valence-electron chi connectivity index (χ0n) is 12.6. The van der Waals surface area contributed by atoms with Crippen LogP contribution in [0.1, 0.15) is 25.3 Å². The smallest absolute Gasteiger partial charge is 0.121 e. The van der Waals surface area contributed by atoms with Crippen LogP contribution in [0, 0.1) is 11.3 Å². The van der Waals surface area contributed by atoms with Crippen LogP contribution in [0.15, 0.2) is 18.2 Å². The summed E-state index contributed by atoms with van der Waals surface area (Å²) in [7, 11) is 3.83. The van der Waals surface area contributed by atoms with Crippen molar-refractivity contribution in [1.82, 2.24) is 4.90 Å². The minimum atomic E-state index is 0.446. The summed E-state index contributed by atoms with van der Waals surface area (Å²) < 4.78 is 5.32. The van der Waals surface area contributed by atoms with Gasteiger partial charge in [-0.15, -0.1) is 0 Å². The summed E-state index contributed by atoms with van der Waals surface area (Å²) in [5, 5.41) is 9.37. The number of nitriles is 1. The Balaban J connectivity index is 2.39. The lowest BCUT2D eigenvalue weighted by Crippen LogP contribution is -2.40. The molecule has 1 aromatic rings. The van der Waals surface area contributed by atoms with E-state index in [9.17, 15) is 5.26 Å². The minimum absolute atomic E-state index is 0.446. The Morgan fingerprint density at radius 3 is 2.85 bits per heavy atom. The number of hydrogen-bond acceptors (Lipinski definition) is 4. The van der Waals surface area contributed by atoms with Gasteiger partial charge in [0, 0.05) is 25.2 Å². The van der Waals surface area contributed by atoms with Crippen molar-refractivity contribution in [3.63, 3.8) is 0 Å². The zero-order chi connectivity index (χ0) is 14.5. The minimum Gasteiger partial charge on any atom is -0.497 e. The second-order valence-corrected chi connectivity index (χ2v) is 5.37. The molecule has 1 saturated heterocycles. The number of rotatable bonds is 3. The van der Waals surface area contributed by atoms with E-state index >= 15 is 0 Å². The Labute approximate surface area is 121 Å². The molecule has 1 aromatic carbocycles. The molecule has 1 unspecified atom stereocenters. The van der Waals surface area contributed by atoms with Crippen LogP contribution in [0.4, 0.5) is 5.69 Å². The second-order valence-electron chi connectivity index (χ2n) is 5.37. The number of likely N-dealkylation sites (N-methyl/N-ethyl adjacent to an activating group) is 1. The number of nitrogens with zero attached hydrogens (tertiary/aromatic N) is 3. The maximum Gasteiger partial charge on any atom is 0.121 e. The number of hydrogen-bond donors (Lipinski definition) is 0. The molecule has 0 saturated carbocycles. The molecule has 0 radical (unpaired) electrons. The van der Waals surface area contributed by atoms with Gasteiger partial charge in [0.1, 0.15) is 11.8 Å². The fourth-order valence-electron chi connectivity index (χ4n) is 2.88. The van der Waals surface area contributed by atoms with Gasteiger partial charge in [-0.25, -0.2) is 0 Å². The highest BCUT2D eigenvalue weighted by Crippen LogP contribution is 2.29. The maximum atomic E-state index is 9.37. The summed E-state index contributed by atoms with van der Waals surface area (Å²) in [4.78, 5) is 4.75. The molecule has 1 fully saturated rings. The lowest BCUT2D eigenvalue weighted by Gasteiger charge is -2.33. The SMILES string of the molecule is CCC1CN(C)CCCN1c1cc(OC)ccc1C#N. The zero-order valence-corrected chi connectivity index (χ0v) is 12.6. The molecule has 0 amide bonds. The lowest BCUT2D eigenvalue weighted by atomic mass is 10.1. The third kappa shape index (κ3) is 3.05. The summed E-state index contributed by atoms with van der Waals surface area (Å²) >= 11 is 0. The van der Waals surface area contributed by atoms with Gasteiger partial charge >= 0.3 is 0 Å². The molecule has 4 nitrogen and oxygen atoms in total. The fourth-order valence-corrected chi connectivity index (χ4v) is 2.88. The van der Waals surface area contributed by atoms with Crippen molar-refractivity contribution in [2.75, 3.05) is 38.7 Å². The van der Waals surface area contributed by atoms with Crippen LogP contribution in [-0.4, -0.2) is 44.7 Å². The predicted molar refractivity (Wildman–Crippen MR) is 81.2 cm³/mol.